The monoisotopic (exact) mass is 240 g/mol. The molecule has 0 bridgehead atoms. The zero-order valence-corrected chi connectivity index (χ0v) is 10.4. The van der Waals surface area contributed by atoms with E-state index in [1.165, 1.54) is 11.1 Å². The van der Waals surface area contributed by atoms with Crippen LogP contribution in [0, 0.1) is 0 Å². The Hall–Kier alpha value is -1.80. The molecule has 18 heavy (non-hydrogen) atoms. The highest BCUT2D eigenvalue weighted by atomic mass is 16.6. The number of fused-ring (bicyclic) bond motifs is 1. The number of rotatable bonds is 2. The molecule has 2 aromatic carbocycles. The number of ether oxygens (including phenoxy) is 2. The van der Waals surface area contributed by atoms with Crippen molar-refractivity contribution in [1.82, 2.24) is 0 Å². The molecule has 1 atom stereocenters. The fourth-order valence-electron chi connectivity index (χ4n) is 1.93. The predicted octanol–water partition coefficient (Wildman–Crippen LogP) is 4.11. The molecule has 0 radical (unpaired) electrons. The Bertz CT molecular complexity index is 530. The van der Waals surface area contributed by atoms with E-state index >= 15 is 0 Å². The van der Waals surface area contributed by atoms with E-state index < -0.39 is 0 Å². The first kappa shape index (κ1) is 11.3. The van der Waals surface area contributed by atoms with E-state index in [1.807, 2.05) is 30.3 Å². The van der Waals surface area contributed by atoms with Gasteiger partial charge in [-0.2, -0.15) is 0 Å². The maximum absolute atomic E-state index is 5.16. The Morgan fingerprint density at radius 2 is 1.83 bits per heavy atom. The summed E-state index contributed by atoms with van der Waals surface area (Å²) in [7, 11) is 0. The van der Waals surface area contributed by atoms with Crippen LogP contribution in [0.2, 0.25) is 0 Å². The minimum atomic E-state index is 0.409. The average Bonchev–Trinajstić information content (AvgIpc) is 3.31. The van der Waals surface area contributed by atoms with Crippen LogP contribution < -0.4 is 4.74 Å². The largest absolute Gasteiger partial charge is 0.449 e. The van der Waals surface area contributed by atoms with Crippen molar-refractivity contribution in [3.05, 3.63) is 59.7 Å². The van der Waals surface area contributed by atoms with Crippen molar-refractivity contribution in [3.63, 3.8) is 0 Å². The van der Waals surface area contributed by atoms with Gasteiger partial charge in [-0.15, -0.1) is 0 Å². The minimum absolute atomic E-state index is 0.409. The van der Waals surface area contributed by atoms with Crippen LogP contribution in [0.25, 0.3) is 0 Å². The highest BCUT2D eigenvalue weighted by Gasteiger charge is 2.23. The minimum Gasteiger partial charge on any atom is -0.449 e. The van der Waals surface area contributed by atoms with Crippen molar-refractivity contribution >= 4 is 0 Å². The fourth-order valence-corrected chi connectivity index (χ4v) is 1.93. The summed E-state index contributed by atoms with van der Waals surface area (Å²) in [5.41, 5.74) is 2.63. The lowest BCUT2D eigenvalue weighted by Crippen LogP contribution is -1.75. The zero-order chi connectivity index (χ0) is 12.4. The molecule has 2 aliphatic heterocycles. The van der Waals surface area contributed by atoms with Gasteiger partial charge in [0.05, 0.1) is 6.61 Å². The molecule has 1 fully saturated rings. The van der Waals surface area contributed by atoms with Crippen LogP contribution in [0.3, 0.4) is 0 Å². The van der Waals surface area contributed by atoms with E-state index in [1.54, 1.807) is 0 Å². The van der Waals surface area contributed by atoms with Gasteiger partial charge >= 0.3 is 0 Å². The lowest BCUT2D eigenvalue weighted by atomic mass is 10.2. The van der Waals surface area contributed by atoms with E-state index in [9.17, 15) is 0 Å². The topological polar surface area (TPSA) is 25.1 Å². The third-order valence-electron chi connectivity index (χ3n) is 3.12. The number of para-hydroxylation sites is 1. The molecular weight excluding hydrogens is 224 g/mol. The number of epoxide rings is 1. The Morgan fingerprint density at radius 3 is 2.44 bits per heavy atom. The van der Waals surface area contributed by atoms with Crippen molar-refractivity contribution in [3.8, 4) is 11.5 Å². The molecule has 4 rings (SSSR count). The highest BCUT2D eigenvalue weighted by molar-refractivity contribution is 5.59. The maximum Gasteiger partial charge on any atom is 0.173 e. The summed E-state index contributed by atoms with van der Waals surface area (Å²) in [5.74, 6) is 2.18. The van der Waals surface area contributed by atoms with E-state index in [-0.39, 0.29) is 0 Å². The quantitative estimate of drug-likeness (QED) is 0.630. The smallest absolute Gasteiger partial charge is 0.173 e. The third-order valence-corrected chi connectivity index (χ3v) is 3.12. The van der Waals surface area contributed by atoms with Gasteiger partial charge in [-0.25, -0.2) is 0 Å². The Balaban J connectivity index is 0.000000111. The van der Waals surface area contributed by atoms with Gasteiger partial charge in [0.1, 0.15) is 6.10 Å². The molecule has 0 saturated carbocycles. The second kappa shape index (κ2) is 4.83. The molecule has 0 aromatic heterocycles. The summed E-state index contributed by atoms with van der Waals surface area (Å²) in [6.45, 7) is 3.04. The average molecular weight is 240 g/mol. The normalized spacial score (nSPS) is 17.9. The van der Waals surface area contributed by atoms with Crippen LogP contribution in [0.1, 0.15) is 24.2 Å². The first-order chi connectivity index (χ1) is 8.88. The number of aryl methyl sites for hydroxylation is 1. The molecule has 2 nitrogen and oxygen atoms in total. The Morgan fingerprint density at radius 1 is 1.06 bits per heavy atom. The first-order valence-electron chi connectivity index (χ1n) is 6.34. The van der Waals surface area contributed by atoms with E-state index in [0.717, 1.165) is 24.5 Å². The fraction of sp³-hybridized carbons (Fsp3) is 0.250. The molecule has 2 heteroatoms. The summed E-state index contributed by atoms with van der Waals surface area (Å²) in [4.78, 5) is 0. The molecule has 1 saturated heterocycles. The molecule has 2 heterocycles. The van der Waals surface area contributed by atoms with Crippen molar-refractivity contribution in [2.45, 2.75) is 19.4 Å². The van der Waals surface area contributed by atoms with Crippen molar-refractivity contribution in [2.24, 2.45) is 0 Å². The number of hydrogen-bond donors (Lipinski definition) is 0. The highest BCUT2D eigenvalue weighted by Crippen LogP contribution is 2.47. The standard InChI is InChI=1S/2C8H8O/c1-2-6-4-3-5-7-8(6)9-7;1-2-4-7(5-3-1)8-6-9-8/h3-5H,2H2,1H3;1-5,8H,6H2. The second-order valence-electron chi connectivity index (χ2n) is 4.43. The molecule has 2 aliphatic rings. The predicted molar refractivity (Wildman–Crippen MR) is 71.0 cm³/mol. The van der Waals surface area contributed by atoms with Crippen LogP contribution in [0.4, 0.5) is 0 Å². The summed E-state index contributed by atoms with van der Waals surface area (Å²) < 4.78 is 10.3. The van der Waals surface area contributed by atoms with Gasteiger partial charge in [0.25, 0.3) is 0 Å². The molecular formula is C16H16O2. The summed E-state index contributed by atoms with van der Waals surface area (Å²) in [6, 6.07) is 16.4. The SMILES string of the molecule is CCc1cccc2c1O2.c1ccc(C2CO2)cc1. The molecule has 0 N–H and O–H groups in total. The van der Waals surface area contributed by atoms with Gasteiger partial charge in [-0.1, -0.05) is 49.4 Å². The van der Waals surface area contributed by atoms with Crippen molar-refractivity contribution in [1.29, 1.82) is 0 Å². The van der Waals surface area contributed by atoms with Crippen LogP contribution in [-0.4, -0.2) is 6.61 Å². The number of benzene rings is 2. The molecule has 1 unspecified atom stereocenters. The van der Waals surface area contributed by atoms with E-state index in [0.29, 0.717) is 6.10 Å². The van der Waals surface area contributed by atoms with Crippen LogP contribution in [0.15, 0.2) is 48.5 Å². The molecule has 0 spiro atoms. The second-order valence-corrected chi connectivity index (χ2v) is 4.43. The van der Waals surface area contributed by atoms with Crippen LogP contribution in [0.5, 0.6) is 11.5 Å². The molecule has 92 valence electrons. The van der Waals surface area contributed by atoms with Crippen molar-refractivity contribution < 1.29 is 9.47 Å². The summed E-state index contributed by atoms with van der Waals surface area (Å²) in [6.07, 6.45) is 1.48. The summed E-state index contributed by atoms with van der Waals surface area (Å²) >= 11 is 0. The Labute approximate surface area is 107 Å². The van der Waals surface area contributed by atoms with Crippen LogP contribution >= 0.6 is 0 Å². The summed E-state index contributed by atoms with van der Waals surface area (Å²) in [5, 5.41) is 0. The molecule has 0 amide bonds. The van der Waals surface area contributed by atoms with Gasteiger partial charge in [0, 0.05) is 0 Å². The van der Waals surface area contributed by atoms with E-state index in [4.69, 9.17) is 9.47 Å². The Kier molecular flexibility index (Phi) is 3.03. The van der Waals surface area contributed by atoms with Crippen molar-refractivity contribution in [2.75, 3.05) is 6.61 Å². The molecule has 0 aliphatic carbocycles. The van der Waals surface area contributed by atoms with Crippen LogP contribution in [-0.2, 0) is 11.2 Å². The maximum atomic E-state index is 5.16. The molecule has 2 aromatic rings. The van der Waals surface area contributed by atoms with Gasteiger partial charge in [-0.05, 0) is 23.6 Å². The number of hydrogen-bond acceptors (Lipinski definition) is 2. The van der Waals surface area contributed by atoms with E-state index in [2.05, 4.69) is 25.1 Å². The third kappa shape index (κ3) is 2.54. The van der Waals surface area contributed by atoms with Gasteiger partial charge in [0.2, 0.25) is 0 Å². The first-order valence-corrected chi connectivity index (χ1v) is 6.34. The zero-order valence-electron chi connectivity index (χ0n) is 10.4. The lowest BCUT2D eigenvalue weighted by Gasteiger charge is -1.89. The van der Waals surface area contributed by atoms with Gasteiger partial charge in [-0.3, -0.25) is 0 Å². The van der Waals surface area contributed by atoms with Gasteiger partial charge in [0.15, 0.2) is 11.5 Å². The van der Waals surface area contributed by atoms with Gasteiger partial charge < -0.3 is 9.47 Å². The lowest BCUT2D eigenvalue weighted by molar-refractivity contribution is 0.415.